The molecule has 0 heterocycles. The summed E-state index contributed by atoms with van der Waals surface area (Å²) >= 11 is 0. The van der Waals surface area contributed by atoms with E-state index in [4.69, 9.17) is 4.74 Å². The molecule has 106 valence electrons. The van der Waals surface area contributed by atoms with Crippen molar-refractivity contribution in [3.05, 3.63) is 35.9 Å². The standard InChI is InChI=1S/C16H24O3/c1-11(2)15(19-16(18)12(3)4)10-14(17)13-8-6-5-7-9-13/h5-9,11-12,14-15,17H,10H2,1-4H3/t14-,15-/m1/s1. The molecule has 1 aromatic carbocycles. The van der Waals surface area contributed by atoms with Crippen LogP contribution in [0.15, 0.2) is 30.3 Å². The van der Waals surface area contributed by atoms with Crippen LogP contribution in [0.2, 0.25) is 0 Å². The van der Waals surface area contributed by atoms with E-state index >= 15 is 0 Å². The molecular formula is C16H24O3. The van der Waals surface area contributed by atoms with Gasteiger partial charge >= 0.3 is 5.97 Å². The highest BCUT2D eigenvalue weighted by Gasteiger charge is 2.23. The van der Waals surface area contributed by atoms with Crippen molar-refractivity contribution < 1.29 is 14.6 Å². The zero-order valence-corrected chi connectivity index (χ0v) is 12.2. The van der Waals surface area contributed by atoms with Crippen LogP contribution in [0.1, 0.15) is 45.8 Å². The molecule has 0 aliphatic carbocycles. The van der Waals surface area contributed by atoms with Crippen molar-refractivity contribution in [2.24, 2.45) is 11.8 Å². The van der Waals surface area contributed by atoms with Crippen LogP contribution in [0, 0.1) is 11.8 Å². The zero-order chi connectivity index (χ0) is 14.4. The SMILES string of the molecule is CC(C)C(=O)O[C@H](C[C@@H](O)c1ccccc1)C(C)C. The minimum Gasteiger partial charge on any atom is -0.462 e. The first-order valence-corrected chi connectivity index (χ1v) is 6.85. The van der Waals surface area contributed by atoms with Gasteiger partial charge in [0.25, 0.3) is 0 Å². The molecule has 0 aliphatic rings. The van der Waals surface area contributed by atoms with E-state index in [1.807, 2.05) is 58.0 Å². The van der Waals surface area contributed by atoms with Gasteiger partial charge in [0, 0.05) is 6.42 Å². The molecule has 1 rings (SSSR count). The second kappa shape index (κ2) is 7.29. The fourth-order valence-corrected chi connectivity index (χ4v) is 1.77. The monoisotopic (exact) mass is 264 g/mol. The molecular weight excluding hydrogens is 240 g/mol. The van der Waals surface area contributed by atoms with E-state index in [0.29, 0.717) is 6.42 Å². The van der Waals surface area contributed by atoms with Gasteiger partial charge in [0.05, 0.1) is 12.0 Å². The number of hydrogen-bond donors (Lipinski definition) is 1. The van der Waals surface area contributed by atoms with Crippen LogP contribution < -0.4 is 0 Å². The minimum atomic E-state index is -0.603. The number of hydrogen-bond acceptors (Lipinski definition) is 3. The van der Waals surface area contributed by atoms with Crippen LogP contribution in [0.4, 0.5) is 0 Å². The lowest BCUT2D eigenvalue weighted by molar-refractivity contribution is -0.156. The van der Waals surface area contributed by atoms with Crippen molar-refractivity contribution in [3.8, 4) is 0 Å². The Balaban J connectivity index is 2.66. The van der Waals surface area contributed by atoms with Crippen LogP contribution in [0.3, 0.4) is 0 Å². The molecule has 0 spiro atoms. The first-order chi connectivity index (χ1) is 8.91. The molecule has 0 bridgehead atoms. The highest BCUT2D eigenvalue weighted by Crippen LogP contribution is 2.23. The summed E-state index contributed by atoms with van der Waals surface area (Å²) in [6.07, 6.45) is -0.432. The van der Waals surface area contributed by atoms with E-state index < -0.39 is 6.10 Å². The maximum atomic E-state index is 11.7. The number of benzene rings is 1. The molecule has 3 heteroatoms. The number of esters is 1. The third-order valence-corrected chi connectivity index (χ3v) is 3.12. The second-order valence-electron chi connectivity index (χ2n) is 5.54. The lowest BCUT2D eigenvalue weighted by Gasteiger charge is -2.25. The van der Waals surface area contributed by atoms with Gasteiger partial charge in [-0.15, -0.1) is 0 Å². The molecule has 0 amide bonds. The Hall–Kier alpha value is -1.35. The Morgan fingerprint density at radius 1 is 1.16 bits per heavy atom. The summed E-state index contributed by atoms with van der Waals surface area (Å²) in [4.78, 5) is 11.7. The van der Waals surface area contributed by atoms with E-state index in [1.54, 1.807) is 0 Å². The number of rotatable bonds is 6. The first kappa shape index (κ1) is 15.7. The quantitative estimate of drug-likeness (QED) is 0.802. The second-order valence-corrected chi connectivity index (χ2v) is 5.54. The summed E-state index contributed by atoms with van der Waals surface area (Å²) in [6, 6.07) is 9.46. The average molecular weight is 264 g/mol. The van der Waals surface area contributed by atoms with Gasteiger partial charge in [0.1, 0.15) is 6.10 Å². The molecule has 0 radical (unpaired) electrons. The van der Waals surface area contributed by atoms with Gasteiger partial charge in [0.2, 0.25) is 0 Å². The van der Waals surface area contributed by atoms with Gasteiger partial charge in [-0.3, -0.25) is 4.79 Å². The summed E-state index contributed by atoms with van der Waals surface area (Å²) in [6.45, 7) is 7.62. The Labute approximate surface area is 115 Å². The number of carbonyl (C=O) groups is 1. The summed E-state index contributed by atoms with van der Waals surface area (Å²) in [5.41, 5.74) is 0.855. The average Bonchev–Trinajstić information content (AvgIpc) is 2.38. The molecule has 1 N–H and O–H groups in total. The molecule has 2 atom stereocenters. The Morgan fingerprint density at radius 3 is 2.21 bits per heavy atom. The molecule has 19 heavy (non-hydrogen) atoms. The van der Waals surface area contributed by atoms with Crippen LogP contribution in [-0.4, -0.2) is 17.2 Å². The maximum absolute atomic E-state index is 11.7. The summed E-state index contributed by atoms with van der Waals surface area (Å²) < 4.78 is 5.47. The van der Waals surface area contributed by atoms with Crippen LogP contribution in [0.5, 0.6) is 0 Å². The largest absolute Gasteiger partial charge is 0.462 e. The third-order valence-electron chi connectivity index (χ3n) is 3.12. The lowest BCUT2D eigenvalue weighted by atomic mass is 9.96. The minimum absolute atomic E-state index is 0.143. The fourth-order valence-electron chi connectivity index (χ4n) is 1.77. The van der Waals surface area contributed by atoms with Crippen LogP contribution in [-0.2, 0) is 9.53 Å². The molecule has 0 unspecified atom stereocenters. The first-order valence-electron chi connectivity index (χ1n) is 6.85. The van der Waals surface area contributed by atoms with Crippen molar-refractivity contribution in [1.82, 2.24) is 0 Å². The van der Waals surface area contributed by atoms with E-state index in [9.17, 15) is 9.90 Å². The zero-order valence-electron chi connectivity index (χ0n) is 12.2. The summed E-state index contributed by atoms with van der Waals surface area (Å²) in [5.74, 6) is -0.171. The van der Waals surface area contributed by atoms with Crippen molar-refractivity contribution in [2.75, 3.05) is 0 Å². The highest BCUT2D eigenvalue weighted by atomic mass is 16.5. The normalized spacial score (nSPS) is 14.5. The molecule has 0 fully saturated rings. The Kier molecular flexibility index (Phi) is 6.03. The third kappa shape index (κ3) is 5.03. The predicted molar refractivity (Wildman–Crippen MR) is 75.6 cm³/mol. The van der Waals surface area contributed by atoms with Crippen molar-refractivity contribution in [2.45, 2.75) is 46.3 Å². The van der Waals surface area contributed by atoms with E-state index in [0.717, 1.165) is 5.56 Å². The van der Waals surface area contributed by atoms with Gasteiger partial charge in [-0.25, -0.2) is 0 Å². The number of ether oxygens (including phenoxy) is 1. The predicted octanol–water partition coefficient (Wildman–Crippen LogP) is 3.33. The van der Waals surface area contributed by atoms with Crippen LogP contribution >= 0.6 is 0 Å². The number of carbonyl (C=O) groups excluding carboxylic acids is 1. The molecule has 1 aromatic rings. The maximum Gasteiger partial charge on any atom is 0.308 e. The number of aliphatic hydroxyl groups excluding tert-OH is 1. The molecule has 0 aromatic heterocycles. The van der Waals surface area contributed by atoms with Crippen molar-refractivity contribution in [3.63, 3.8) is 0 Å². The van der Waals surface area contributed by atoms with Crippen LogP contribution in [0.25, 0.3) is 0 Å². The topological polar surface area (TPSA) is 46.5 Å². The lowest BCUT2D eigenvalue weighted by Crippen LogP contribution is -2.28. The van der Waals surface area contributed by atoms with E-state index in [-0.39, 0.29) is 23.9 Å². The Morgan fingerprint density at radius 2 is 1.74 bits per heavy atom. The van der Waals surface area contributed by atoms with Crippen molar-refractivity contribution in [1.29, 1.82) is 0 Å². The summed E-state index contributed by atoms with van der Waals surface area (Å²) in [7, 11) is 0. The highest BCUT2D eigenvalue weighted by molar-refractivity contribution is 5.71. The van der Waals surface area contributed by atoms with Gasteiger partial charge in [0.15, 0.2) is 0 Å². The smallest absolute Gasteiger partial charge is 0.308 e. The number of aliphatic hydroxyl groups is 1. The molecule has 0 saturated heterocycles. The molecule has 0 aliphatic heterocycles. The fraction of sp³-hybridized carbons (Fsp3) is 0.562. The van der Waals surface area contributed by atoms with Gasteiger partial charge in [-0.2, -0.15) is 0 Å². The molecule has 3 nitrogen and oxygen atoms in total. The summed E-state index contributed by atoms with van der Waals surface area (Å²) in [5, 5.41) is 10.2. The van der Waals surface area contributed by atoms with Gasteiger partial charge in [-0.05, 0) is 11.5 Å². The van der Waals surface area contributed by atoms with E-state index in [1.165, 1.54) is 0 Å². The Bertz CT molecular complexity index is 384. The van der Waals surface area contributed by atoms with Gasteiger partial charge < -0.3 is 9.84 Å². The van der Waals surface area contributed by atoms with Gasteiger partial charge in [-0.1, -0.05) is 58.0 Å². The van der Waals surface area contributed by atoms with E-state index in [2.05, 4.69) is 0 Å². The van der Waals surface area contributed by atoms with Crippen molar-refractivity contribution >= 4 is 5.97 Å². The molecule has 0 saturated carbocycles.